The molecule has 0 radical (unpaired) electrons. The summed E-state index contributed by atoms with van der Waals surface area (Å²) < 4.78 is 25.7. The first kappa shape index (κ1) is 15.9. The summed E-state index contributed by atoms with van der Waals surface area (Å²) in [5.41, 5.74) is 0.783. The van der Waals surface area contributed by atoms with Gasteiger partial charge in [-0.25, -0.2) is 8.42 Å². The molecule has 1 saturated heterocycles. The van der Waals surface area contributed by atoms with Gasteiger partial charge in [0, 0.05) is 26.6 Å². The fourth-order valence-electron chi connectivity index (χ4n) is 2.09. The van der Waals surface area contributed by atoms with Crippen molar-refractivity contribution in [2.75, 3.05) is 13.1 Å². The Morgan fingerprint density at radius 3 is 2.24 bits per heavy atom. The van der Waals surface area contributed by atoms with Crippen LogP contribution in [0.4, 0.5) is 0 Å². The van der Waals surface area contributed by atoms with Gasteiger partial charge in [-0.05, 0) is 17.7 Å². The van der Waals surface area contributed by atoms with Gasteiger partial charge in [-0.3, -0.25) is 4.79 Å². The van der Waals surface area contributed by atoms with Crippen LogP contribution in [-0.4, -0.2) is 54.1 Å². The van der Waals surface area contributed by atoms with E-state index in [1.165, 1.54) is 19.1 Å². The number of nitrogens with one attached hydrogen (secondary N) is 1. The van der Waals surface area contributed by atoms with Crippen LogP contribution in [0.2, 0.25) is 0 Å². The van der Waals surface area contributed by atoms with Crippen LogP contribution in [0, 0.1) is 0 Å². The van der Waals surface area contributed by atoms with E-state index >= 15 is 0 Å². The molecule has 3 N–H and O–H groups in total. The van der Waals surface area contributed by atoms with E-state index in [0.717, 1.165) is 9.87 Å². The van der Waals surface area contributed by atoms with E-state index in [4.69, 9.17) is 0 Å². The highest BCUT2D eigenvalue weighted by Gasteiger charge is 2.37. The maximum atomic E-state index is 12.3. The predicted molar refractivity (Wildman–Crippen MR) is 74.7 cm³/mol. The number of hydrogen-bond donors (Lipinski definition) is 3. The van der Waals surface area contributed by atoms with Gasteiger partial charge in [0.05, 0.1) is 17.1 Å². The molecule has 116 valence electrons. The zero-order valence-corrected chi connectivity index (χ0v) is 12.4. The number of nitrogens with zero attached hydrogens (tertiary/aromatic N) is 1. The normalized spacial score (nSPS) is 23.2. The minimum Gasteiger partial charge on any atom is -0.389 e. The number of carbonyl (C=O) groups excluding carboxylic acids is 1. The molecule has 21 heavy (non-hydrogen) atoms. The van der Waals surface area contributed by atoms with Crippen LogP contribution in [0.1, 0.15) is 12.5 Å². The molecule has 1 fully saturated rings. The number of hydrogen-bond acceptors (Lipinski definition) is 5. The molecule has 1 amide bonds. The summed E-state index contributed by atoms with van der Waals surface area (Å²) in [6.45, 7) is 1.51. The van der Waals surface area contributed by atoms with E-state index in [9.17, 15) is 23.4 Å². The predicted octanol–water partition coefficient (Wildman–Crippen LogP) is -0.951. The maximum Gasteiger partial charge on any atom is 0.243 e. The van der Waals surface area contributed by atoms with Crippen molar-refractivity contribution >= 4 is 15.9 Å². The van der Waals surface area contributed by atoms with Gasteiger partial charge in [0.25, 0.3) is 0 Å². The van der Waals surface area contributed by atoms with Crippen molar-refractivity contribution in [1.29, 1.82) is 0 Å². The first-order chi connectivity index (χ1) is 9.80. The number of aliphatic hydroxyl groups is 2. The summed E-state index contributed by atoms with van der Waals surface area (Å²) in [5, 5.41) is 21.5. The molecular weight excluding hydrogens is 296 g/mol. The first-order valence-corrected chi connectivity index (χ1v) is 7.94. The van der Waals surface area contributed by atoms with Crippen LogP contribution in [0.5, 0.6) is 0 Å². The van der Waals surface area contributed by atoms with Crippen molar-refractivity contribution < 1.29 is 23.4 Å². The molecule has 0 aromatic heterocycles. The second-order valence-electron chi connectivity index (χ2n) is 5.01. The Kier molecular flexibility index (Phi) is 4.62. The summed E-state index contributed by atoms with van der Waals surface area (Å²) in [4.78, 5) is 10.9. The monoisotopic (exact) mass is 314 g/mol. The fourth-order valence-corrected chi connectivity index (χ4v) is 3.56. The Balaban J connectivity index is 2.12. The van der Waals surface area contributed by atoms with Crippen molar-refractivity contribution in [3.63, 3.8) is 0 Å². The van der Waals surface area contributed by atoms with Crippen molar-refractivity contribution in [3.05, 3.63) is 29.8 Å². The lowest BCUT2D eigenvalue weighted by atomic mass is 10.2. The van der Waals surface area contributed by atoms with Crippen molar-refractivity contribution in [2.45, 2.75) is 30.6 Å². The van der Waals surface area contributed by atoms with Crippen molar-refractivity contribution in [2.24, 2.45) is 0 Å². The van der Waals surface area contributed by atoms with Gasteiger partial charge < -0.3 is 15.5 Å². The second-order valence-corrected chi connectivity index (χ2v) is 6.95. The van der Waals surface area contributed by atoms with Gasteiger partial charge in [-0.1, -0.05) is 12.1 Å². The minimum atomic E-state index is -3.73. The summed E-state index contributed by atoms with van der Waals surface area (Å²) in [5.74, 6) is -0.160. The largest absolute Gasteiger partial charge is 0.389 e. The highest BCUT2D eigenvalue weighted by Crippen LogP contribution is 2.21. The molecule has 2 unspecified atom stereocenters. The standard InChI is InChI=1S/C13H18N2O5S/c1-9(16)14-6-10-2-4-11(5-3-10)21(19,20)15-7-12(17)13(18)8-15/h2-5,12-13,17-18H,6-8H2,1H3,(H,14,16). The lowest BCUT2D eigenvalue weighted by molar-refractivity contribution is -0.119. The van der Waals surface area contributed by atoms with Gasteiger partial charge in [0.15, 0.2) is 0 Å². The number of aliphatic hydroxyl groups excluding tert-OH is 2. The average Bonchev–Trinajstić information content (AvgIpc) is 2.77. The molecule has 1 aromatic carbocycles. The maximum absolute atomic E-state index is 12.3. The third-order valence-corrected chi connectivity index (χ3v) is 5.17. The molecule has 0 bridgehead atoms. The Bertz CT molecular complexity index is 604. The van der Waals surface area contributed by atoms with Gasteiger partial charge in [-0.2, -0.15) is 4.31 Å². The number of β-amino-alcohol motifs (C(OH)–C–C–N with tert-alkyl or cyclic N) is 2. The summed E-state index contributed by atoms with van der Waals surface area (Å²) in [6, 6.07) is 6.13. The van der Waals surface area contributed by atoms with E-state index in [2.05, 4.69) is 5.32 Å². The molecule has 2 atom stereocenters. The van der Waals surface area contributed by atoms with E-state index in [-0.39, 0.29) is 23.9 Å². The lowest BCUT2D eigenvalue weighted by Gasteiger charge is -2.15. The SMILES string of the molecule is CC(=O)NCc1ccc(S(=O)(=O)N2CC(O)C(O)C2)cc1. The third kappa shape index (κ3) is 3.59. The molecular formula is C13H18N2O5S. The van der Waals surface area contributed by atoms with Gasteiger partial charge in [0.2, 0.25) is 15.9 Å². The quantitative estimate of drug-likeness (QED) is 0.664. The molecule has 0 spiro atoms. The Morgan fingerprint density at radius 1 is 1.24 bits per heavy atom. The molecule has 0 aliphatic carbocycles. The Hall–Kier alpha value is -1.48. The van der Waals surface area contributed by atoms with Crippen LogP contribution < -0.4 is 5.32 Å². The third-order valence-electron chi connectivity index (χ3n) is 3.33. The average molecular weight is 314 g/mol. The van der Waals surface area contributed by atoms with Crippen molar-refractivity contribution in [1.82, 2.24) is 9.62 Å². The van der Waals surface area contributed by atoms with Crippen LogP contribution in [0.15, 0.2) is 29.2 Å². The lowest BCUT2D eigenvalue weighted by Crippen LogP contribution is -2.30. The van der Waals surface area contributed by atoms with E-state index in [1.54, 1.807) is 12.1 Å². The second kappa shape index (κ2) is 6.10. The number of amides is 1. The fraction of sp³-hybridized carbons (Fsp3) is 0.462. The van der Waals surface area contributed by atoms with Gasteiger partial charge in [0.1, 0.15) is 0 Å². The van der Waals surface area contributed by atoms with Gasteiger partial charge >= 0.3 is 0 Å². The van der Waals surface area contributed by atoms with Crippen LogP contribution in [-0.2, 0) is 21.4 Å². The number of carbonyl (C=O) groups is 1. The van der Waals surface area contributed by atoms with Crippen LogP contribution >= 0.6 is 0 Å². The van der Waals surface area contributed by atoms with E-state index < -0.39 is 22.2 Å². The molecule has 8 heteroatoms. The molecule has 2 rings (SSSR count). The summed E-state index contributed by atoms with van der Waals surface area (Å²) in [6.07, 6.45) is -2.11. The zero-order valence-electron chi connectivity index (χ0n) is 11.6. The highest BCUT2D eigenvalue weighted by atomic mass is 32.2. The smallest absolute Gasteiger partial charge is 0.243 e. The molecule has 1 aliphatic rings. The van der Waals surface area contributed by atoms with Crippen LogP contribution in [0.25, 0.3) is 0 Å². The summed E-state index contributed by atoms with van der Waals surface area (Å²) >= 11 is 0. The van der Waals surface area contributed by atoms with Crippen LogP contribution in [0.3, 0.4) is 0 Å². The van der Waals surface area contributed by atoms with E-state index in [0.29, 0.717) is 6.54 Å². The van der Waals surface area contributed by atoms with E-state index in [1.807, 2.05) is 0 Å². The highest BCUT2D eigenvalue weighted by molar-refractivity contribution is 7.89. The molecule has 1 aromatic rings. The summed E-state index contributed by atoms with van der Waals surface area (Å²) in [7, 11) is -3.73. The Morgan fingerprint density at radius 2 is 1.76 bits per heavy atom. The number of sulfonamides is 1. The molecule has 7 nitrogen and oxygen atoms in total. The number of benzene rings is 1. The Labute approximate surface area is 123 Å². The minimum absolute atomic E-state index is 0.0929. The molecule has 1 heterocycles. The molecule has 0 saturated carbocycles. The van der Waals surface area contributed by atoms with Crippen molar-refractivity contribution in [3.8, 4) is 0 Å². The topological polar surface area (TPSA) is 107 Å². The number of rotatable bonds is 4. The van der Waals surface area contributed by atoms with Gasteiger partial charge in [-0.15, -0.1) is 0 Å². The zero-order chi connectivity index (χ0) is 15.6. The molecule has 1 aliphatic heterocycles. The first-order valence-electron chi connectivity index (χ1n) is 6.50.